The third-order valence-electron chi connectivity index (χ3n) is 3.53. The molecule has 2 aromatic carbocycles. The molecule has 1 aliphatic rings. The average Bonchev–Trinajstić information content (AvgIpc) is 3.11. The van der Waals surface area contributed by atoms with Gasteiger partial charge >= 0.3 is 5.97 Å². The summed E-state index contributed by atoms with van der Waals surface area (Å²) in [6, 6.07) is 9.96. The summed E-state index contributed by atoms with van der Waals surface area (Å²) in [7, 11) is 0. The summed E-state index contributed by atoms with van der Waals surface area (Å²) < 4.78 is 20.6. The largest absolute Gasteiger partial charge is 0.480 e. The van der Waals surface area contributed by atoms with Crippen molar-refractivity contribution in [1.29, 1.82) is 0 Å². The summed E-state index contributed by atoms with van der Waals surface area (Å²) in [5, 5.41) is 3.37. The molecule has 1 amide bonds. The third-order valence-corrected chi connectivity index (χ3v) is 4.06. The van der Waals surface area contributed by atoms with Crippen LogP contribution in [0.1, 0.15) is 5.56 Å². The molecule has 0 saturated carbocycles. The molecule has 0 saturated heterocycles. The molecule has 2 aromatic rings. The van der Waals surface area contributed by atoms with Crippen LogP contribution in [-0.2, 0) is 20.9 Å². The van der Waals surface area contributed by atoms with Gasteiger partial charge in [-0.2, -0.15) is 0 Å². The van der Waals surface area contributed by atoms with Crippen molar-refractivity contribution < 1.29 is 28.5 Å². The zero-order valence-electron chi connectivity index (χ0n) is 14.0. The van der Waals surface area contributed by atoms with Gasteiger partial charge in [-0.05, 0) is 35.9 Å². The van der Waals surface area contributed by atoms with Crippen molar-refractivity contribution in [2.24, 2.45) is 0 Å². The third kappa shape index (κ3) is 5.42. The van der Waals surface area contributed by atoms with Crippen molar-refractivity contribution in [3.05, 3.63) is 52.0 Å². The molecule has 0 aliphatic carbocycles. The minimum Gasteiger partial charge on any atom is -0.480 e. The molecule has 1 aliphatic heterocycles. The lowest BCUT2D eigenvalue weighted by Gasteiger charge is -2.09. The minimum absolute atomic E-state index is 0.185. The number of hydrogen-bond acceptors (Lipinski definition) is 6. The maximum absolute atomic E-state index is 11.8. The Morgan fingerprint density at radius 3 is 2.67 bits per heavy atom. The summed E-state index contributed by atoms with van der Waals surface area (Å²) >= 11 is 11.7. The monoisotopic (exact) mass is 411 g/mol. The number of hydrogen-bond donors (Lipinski definition) is 1. The predicted molar refractivity (Wildman–Crippen MR) is 97.3 cm³/mol. The van der Waals surface area contributed by atoms with Crippen molar-refractivity contribution in [2.45, 2.75) is 6.54 Å². The number of carbonyl (C=O) groups is 2. The molecule has 0 spiro atoms. The molecule has 0 fully saturated rings. The zero-order chi connectivity index (χ0) is 19.2. The molecule has 0 aromatic heterocycles. The van der Waals surface area contributed by atoms with Gasteiger partial charge in [0.2, 0.25) is 6.79 Å². The highest BCUT2D eigenvalue weighted by molar-refractivity contribution is 6.35. The average molecular weight is 412 g/mol. The second-order valence-electron chi connectivity index (χ2n) is 5.49. The fraction of sp³-hybridized carbons (Fsp3) is 0.222. The Morgan fingerprint density at radius 1 is 1.04 bits per heavy atom. The van der Waals surface area contributed by atoms with Gasteiger partial charge in [-0.1, -0.05) is 29.3 Å². The number of benzene rings is 2. The van der Waals surface area contributed by atoms with Gasteiger partial charge in [0.05, 0.1) is 5.02 Å². The molecule has 27 heavy (non-hydrogen) atoms. The fourth-order valence-electron chi connectivity index (χ4n) is 2.22. The van der Waals surface area contributed by atoms with Crippen molar-refractivity contribution in [2.75, 3.05) is 20.0 Å². The highest BCUT2D eigenvalue weighted by atomic mass is 35.5. The lowest BCUT2D eigenvalue weighted by molar-refractivity contribution is -0.150. The maximum Gasteiger partial charge on any atom is 0.344 e. The number of amides is 1. The van der Waals surface area contributed by atoms with Crippen LogP contribution in [0.25, 0.3) is 0 Å². The van der Waals surface area contributed by atoms with E-state index in [1.807, 2.05) is 6.07 Å². The quantitative estimate of drug-likeness (QED) is 0.705. The summed E-state index contributed by atoms with van der Waals surface area (Å²) in [4.78, 5) is 23.5. The van der Waals surface area contributed by atoms with Gasteiger partial charge in [0.25, 0.3) is 5.91 Å². The zero-order valence-corrected chi connectivity index (χ0v) is 15.5. The summed E-state index contributed by atoms with van der Waals surface area (Å²) in [6.45, 7) is -0.341. The molecule has 0 bridgehead atoms. The minimum atomic E-state index is -0.695. The Hall–Kier alpha value is -2.64. The van der Waals surface area contributed by atoms with E-state index < -0.39 is 18.5 Å². The predicted octanol–water partition coefficient (Wildman–Crippen LogP) is 2.96. The van der Waals surface area contributed by atoms with Crippen molar-refractivity contribution in [3.8, 4) is 17.2 Å². The first-order valence-electron chi connectivity index (χ1n) is 7.90. The van der Waals surface area contributed by atoms with Gasteiger partial charge in [0.1, 0.15) is 5.75 Å². The SMILES string of the molecule is O=C(COC(=O)COc1ccc(Cl)cc1Cl)NCc1ccc2c(c1)OCO2. The molecule has 142 valence electrons. The number of nitrogens with one attached hydrogen (secondary N) is 1. The van der Waals surface area contributed by atoms with E-state index in [4.69, 9.17) is 42.1 Å². The number of halogens is 2. The number of esters is 1. The second-order valence-corrected chi connectivity index (χ2v) is 6.33. The maximum atomic E-state index is 11.8. The van der Waals surface area contributed by atoms with Crippen LogP contribution in [-0.4, -0.2) is 31.9 Å². The topological polar surface area (TPSA) is 83.1 Å². The number of rotatable bonds is 7. The molecule has 1 N–H and O–H groups in total. The van der Waals surface area contributed by atoms with E-state index in [9.17, 15) is 9.59 Å². The normalized spacial score (nSPS) is 11.8. The van der Waals surface area contributed by atoms with Gasteiger partial charge in [0.15, 0.2) is 24.7 Å². The first kappa shape index (κ1) is 19.1. The molecule has 0 atom stereocenters. The van der Waals surface area contributed by atoms with Crippen LogP contribution in [0.15, 0.2) is 36.4 Å². The van der Waals surface area contributed by atoms with Gasteiger partial charge in [-0.25, -0.2) is 4.79 Å². The highest BCUT2D eigenvalue weighted by Crippen LogP contribution is 2.32. The Labute approximate surface area is 165 Å². The van der Waals surface area contributed by atoms with Crippen LogP contribution in [0.5, 0.6) is 17.2 Å². The van der Waals surface area contributed by atoms with Gasteiger partial charge in [0, 0.05) is 11.6 Å². The van der Waals surface area contributed by atoms with Crippen molar-refractivity contribution in [1.82, 2.24) is 5.32 Å². The lowest BCUT2D eigenvalue weighted by atomic mass is 10.2. The molecular formula is C18H15Cl2NO6. The van der Waals surface area contributed by atoms with Crippen LogP contribution in [0.2, 0.25) is 10.0 Å². The number of carbonyl (C=O) groups excluding carboxylic acids is 2. The van der Waals surface area contributed by atoms with Crippen molar-refractivity contribution in [3.63, 3.8) is 0 Å². The van der Waals surface area contributed by atoms with Crippen LogP contribution in [0.3, 0.4) is 0 Å². The summed E-state index contributed by atoms with van der Waals surface area (Å²) in [5.74, 6) is 0.459. The Balaban J connectivity index is 1.37. The van der Waals surface area contributed by atoms with Gasteiger partial charge in [-0.3, -0.25) is 4.79 Å². The lowest BCUT2D eigenvalue weighted by Crippen LogP contribution is -2.29. The van der Waals surface area contributed by atoms with E-state index in [1.54, 1.807) is 18.2 Å². The molecule has 0 radical (unpaired) electrons. The number of ether oxygens (including phenoxy) is 4. The Morgan fingerprint density at radius 2 is 1.85 bits per heavy atom. The first-order valence-corrected chi connectivity index (χ1v) is 8.65. The highest BCUT2D eigenvalue weighted by Gasteiger charge is 2.14. The first-order chi connectivity index (χ1) is 13.0. The van der Waals surface area contributed by atoms with Gasteiger partial charge < -0.3 is 24.3 Å². The molecule has 9 heteroatoms. The smallest absolute Gasteiger partial charge is 0.344 e. The standard InChI is InChI=1S/C18H15Cl2NO6/c19-12-2-4-14(13(20)6-12)24-9-18(23)25-8-17(22)21-7-11-1-3-15-16(5-11)27-10-26-15/h1-6H,7-10H2,(H,21,22). The van der Waals surface area contributed by atoms with Crippen LogP contribution < -0.4 is 19.5 Å². The summed E-state index contributed by atoms with van der Waals surface area (Å²) in [5.41, 5.74) is 0.833. The van der Waals surface area contributed by atoms with Crippen LogP contribution in [0.4, 0.5) is 0 Å². The van der Waals surface area contributed by atoms with E-state index in [1.165, 1.54) is 12.1 Å². The van der Waals surface area contributed by atoms with Crippen LogP contribution in [0, 0.1) is 0 Å². The van der Waals surface area contributed by atoms with E-state index in [2.05, 4.69) is 5.32 Å². The Kier molecular flexibility index (Phi) is 6.26. The van der Waals surface area contributed by atoms with Crippen molar-refractivity contribution >= 4 is 35.1 Å². The molecular weight excluding hydrogens is 397 g/mol. The van der Waals surface area contributed by atoms with E-state index in [0.29, 0.717) is 22.3 Å². The fourth-order valence-corrected chi connectivity index (χ4v) is 2.68. The Bertz CT molecular complexity index is 858. The molecule has 1 heterocycles. The summed E-state index contributed by atoms with van der Waals surface area (Å²) in [6.07, 6.45) is 0. The van der Waals surface area contributed by atoms with E-state index >= 15 is 0 Å². The van der Waals surface area contributed by atoms with Gasteiger partial charge in [-0.15, -0.1) is 0 Å². The van der Waals surface area contributed by atoms with E-state index in [-0.39, 0.29) is 25.0 Å². The van der Waals surface area contributed by atoms with E-state index in [0.717, 1.165) is 5.56 Å². The molecule has 3 rings (SSSR count). The second kappa shape index (κ2) is 8.83. The molecule has 0 unspecified atom stereocenters. The van der Waals surface area contributed by atoms with Crippen LogP contribution >= 0.6 is 23.2 Å². The number of fused-ring (bicyclic) bond motifs is 1. The molecule has 7 nitrogen and oxygen atoms in total.